The Morgan fingerprint density at radius 3 is 1.54 bits per heavy atom. The standard InChI is InChI=1S/2C10H13.2C6H5NO3.Zr/c2*1-8-6-9-4-2-3-5-10(9)7-8;2*8-6-4-2-1-3-5(6)7(9)10;/h2*2-4,6,8,10H,5,7H2,1H3;2*1-4,8H;/q;;;;+2/p-2. The Morgan fingerprint density at radius 2 is 1.12 bits per heavy atom. The second kappa shape index (κ2) is 11.2. The fraction of sp³-hybridized carbons (Fsp3) is 0.375. The van der Waals surface area contributed by atoms with Crippen LogP contribution in [-0.2, 0) is 21.1 Å². The fourth-order valence-electron chi connectivity index (χ4n) is 7.85. The van der Waals surface area contributed by atoms with Crippen molar-refractivity contribution in [3.8, 4) is 11.5 Å². The van der Waals surface area contributed by atoms with Crippen molar-refractivity contribution in [2.24, 2.45) is 23.7 Å². The Balaban J connectivity index is 1.64. The van der Waals surface area contributed by atoms with Crippen molar-refractivity contribution < 1.29 is 36.6 Å². The summed E-state index contributed by atoms with van der Waals surface area (Å²) in [6.07, 6.45) is 16.7. The Kier molecular flexibility index (Phi) is 7.58. The van der Waals surface area contributed by atoms with Crippen LogP contribution in [0.15, 0.2) is 96.1 Å². The molecule has 8 nitrogen and oxygen atoms in total. The van der Waals surface area contributed by atoms with E-state index in [4.69, 9.17) is 5.63 Å². The summed E-state index contributed by atoms with van der Waals surface area (Å²) in [6.45, 7) is 4.46. The fourth-order valence-corrected chi connectivity index (χ4v) is 21.2. The number of rotatable bonds is 8. The molecule has 41 heavy (non-hydrogen) atoms. The van der Waals surface area contributed by atoms with Crippen LogP contribution in [-0.4, -0.2) is 9.85 Å². The van der Waals surface area contributed by atoms with Gasteiger partial charge in [0.1, 0.15) is 0 Å². The number of para-hydroxylation sites is 4. The van der Waals surface area contributed by atoms with E-state index in [1.54, 1.807) is 36.4 Å². The van der Waals surface area contributed by atoms with Gasteiger partial charge in [-0.15, -0.1) is 0 Å². The van der Waals surface area contributed by atoms with Crippen molar-refractivity contribution in [2.75, 3.05) is 0 Å². The number of hydrogen-bond donors (Lipinski definition) is 0. The molecule has 9 heteroatoms. The van der Waals surface area contributed by atoms with E-state index in [9.17, 15) is 20.2 Å². The van der Waals surface area contributed by atoms with Crippen LogP contribution in [0.5, 0.6) is 11.5 Å². The molecule has 0 bridgehead atoms. The van der Waals surface area contributed by atoms with Gasteiger partial charge < -0.3 is 0 Å². The third kappa shape index (κ3) is 4.92. The predicted molar refractivity (Wildman–Crippen MR) is 153 cm³/mol. The SMILES string of the molecule is CC1CC2CC=CC=C2[CH]1[Zr]([O]c1ccccc1[N+](=O)[O-])([O]c1ccccc1[N+](=O)[O-])[CH]1C2=CC=CCC2CC1C. The molecule has 0 saturated heterocycles. The molecule has 6 rings (SSSR count). The van der Waals surface area contributed by atoms with Crippen molar-refractivity contribution >= 4 is 11.4 Å². The second-order valence-electron chi connectivity index (χ2n) is 11.8. The van der Waals surface area contributed by atoms with Crippen molar-refractivity contribution in [1.82, 2.24) is 0 Å². The zero-order chi connectivity index (χ0) is 28.7. The molecule has 212 valence electrons. The molecule has 0 spiro atoms. The zero-order valence-electron chi connectivity index (χ0n) is 23.2. The molecule has 4 aliphatic rings. The van der Waals surface area contributed by atoms with Crippen molar-refractivity contribution in [2.45, 2.75) is 46.8 Å². The van der Waals surface area contributed by atoms with E-state index >= 15 is 0 Å². The van der Waals surface area contributed by atoms with Gasteiger partial charge in [0.2, 0.25) is 0 Å². The molecule has 4 aliphatic carbocycles. The minimum absolute atomic E-state index is 0.0862. The second-order valence-corrected chi connectivity index (χ2v) is 19.4. The van der Waals surface area contributed by atoms with Gasteiger partial charge in [0.15, 0.2) is 0 Å². The first-order chi connectivity index (χ1) is 19.8. The third-order valence-electron chi connectivity index (χ3n) is 9.33. The number of allylic oxidation sites excluding steroid dienone is 8. The van der Waals surface area contributed by atoms with Crippen LogP contribution in [0.4, 0.5) is 11.4 Å². The number of nitro benzene ring substituents is 2. The van der Waals surface area contributed by atoms with Gasteiger partial charge in [-0.05, 0) is 0 Å². The topological polar surface area (TPSA) is 105 Å². The first-order valence-electron chi connectivity index (χ1n) is 14.4. The summed E-state index contributed by atoms with van der Waals surface area (Å²) in [6, 6.07) is 13.0. The molecular formula is C32H34N2O6Zr. The average molecular weight is 634 g/mol. The van der Waals surface area contributed by atoms with Crippen LogP contribution in [0, 0.1) is 43.9 Å². The summed E-state index contributed by atoms with van der Waals surface area (Å²) in [4.78, 5) is 23.6. The molecule has 2 aromatic rings. The maximum atomic E-state index is 12.2. The van der Waals surface area contributed by atoms with Crippen molar-refractivity contribution in [3.63, 3.8) is 0 Å². The summed E-state index contributed by atoms with van der Waals surface area (Å²) < 4.78 is 14.3. The number of benzene rings is 2. The van der Waals surface area contributed by atoms with Gasteiger partial charge in [-0.3, -0.25) is 0 Å². The predicted octanol–water partition coefficient (Wildman–Crippen LogP) is 8.61. The van der Waals surface area contributed by atoms with E-state index in [0.717, 1.165) is 25.7 Å². The molecule has 0 radical (unpaired) electrons. The first kappa shape index (κ1) is 27.8. The molecule has 0 amide bonds. The summed E-state index contributed by atoms with van der Waals surface area (Å²) in [5, 5.41) is 24.4. The summed E-state index contributed by atoms with van der Waals surface area (Å²) in [7, 11) is 0. The maximum absolute atomic E-state index is 12.2. The van der Waals surface area contributed by atoms with Gasteiger partial charge in [-0.25, -0.2) is 0 Å². The third-order valence-corrected chi connectivity index (χ3v) is 20.7. The summed E-state index contributed by atoms with van der Waals surface area (Å²) in [5.74, 6) is 1.45. The zero-order valence-corrected chi connectivity index (χ0v) is 25.7. The Morgan fingerprint density at radius 1 is 0.707 bits per heavy atom. The van der Waals surface area contributed by atoms with E-state index in [-0.39, 0.29) is 42.0 Å². The van der Waals surface area contributed by atoms with Crippen LogP contribution in [0.3, 0.4) is 0 Å². The van der Waals surface area contributed by atoms with Crippen LogP contribution in [0.1, 0.15) is 39.5 Å². The van der Waals surface area contributed by atoms with Gasteiger partial charge in [-0.2, -0.15) is 0 Å². The van der Waals surface area contributed by atoms with Gasteiger partial charge in [0.05, 0.1) is 0 Å². The molecule has 0 aliphatic heterocycles. The minimum atomic E-state index is -4.87. The number of nitro groups is 2. The van der Waals surface area contributed by atoms with Crippen LogP contribution < -0.4 is 5.63 Å². The van der Waals surface area contributed by atoms with E-state index in [2.05, 4.69) is 50.3 Å². The first-order valence-corrected chi connectivity index (χ1v) is 19.2. The van der Waals surface area contributed by atoms with Crippen LogP contribution in [0.2, 0.25) is 7.25 Å². The van der Waals surface area contributed by atoms with Gasteiger partial charge in [0, 0.05) is 0 Å². The Hall–Kier alpha value is -3.32. The quantitative estimate of drug-likeness (QED) is 0.213. The van der Waals surface area contributed by atoms with E-state index in [0.29, 0.717) is 11.8 Å². The summed E-state index contributed by atoms with van der Waals surface area (Å²) in [5.41, 5.74) is 2.32. The van der Waals surface area contributed by atoms with E-state index in [1.165, 1.54) is 23.3 Å². The van der Waals surface area contributed by atoms with Crippen molar-refractivity contribution in [1.29, 1.82) is 0 Å². The van der Waals surface area contributed by atoms with Crippen LogP contribution in [0.25, 0.3) is 0 Å². The average Bonchev–Trinajstić information content (AvgIpc) is 3.48. The van der Waals surface area contributed by atoms with E-state index in [1.807, 2.05) is 0 Å². The number of nitrogens with zero attached hydrogens (tertiary/aromatic N) is 2. The Bertz CT molecular complexity index is 1390. The number of hydrogen-bond acceptors (Lipinski definition) is 6. The van der Waals surface area contributed by atoms with Crippen LogP contribution >= 0.6 is 0 Å². The van der Waals surface area contributed by atoms with Gasteiger partial charge >= 0.3 is 246 Å². The summed E-state index contributed by atoms with van der Waals surface area (Å²) >= 11 is -4.87. The molecule has 0 N–H and O–H groups in total. The molecular weight excluding hydrogens is 600 g/mol. The van der Waals surface area contributed by atoms with E-state index < -0.39 is 31.0 Å². The molecule has 0 aromatic heterocycles. The number of fused-ring (bicyclic) bond motifs is 2. The molecule has 6 unspecified atom stereocenters. The molecule has 2 fully saturated rings. The van der Waals surface area contributed by atoms with Gasteiger partial charge in [-0.1, -0.05) is 0 Å². The van der Waals surface area contributed by atoms with Crippen molar-refractivity contribution in [3.05, 3.63) is 116 Å². The van der Waals surface area contributed by atoms with Gasteiger partial charge in [0.25, 0.3) is 0 Å². The molecule has 0 heterocycles. The molecule has 2 saturated carbocycles. The normalized spacial score (nSPS) is 28.3. The molecule has 6 atom stereocenters. The monoisotopic (exact) mass is 632 g/mol. The molecule has 2 aromatic carbocycles. The Labute approximate surface area is 245 Å².